The minimum Gasteiger partial charge on any atom is -0.395 e. The zero-order chi connectivity index (χ0) is 17.3. The first kappa shape index (κ1) is 21.5. The van der Waals surface area contributed by atoms with Gasteiger partial charge in [0.1, 0.15) is 0 Å². The summed E-state index contributed by atoms with van der Waals surface area (Å²) in [5.41, 5.74) is 0. The van der Waals surface area contributed by atoms with Crippen molar-refractivity contribution in [2.24, 2.45) is 0 Å². The molecule has 0 aliphatic heterocycles. The van der Waals surface area contributed by atoms with E-state index < -0.39 is 0 Å². The molecule has 0 amide bonds. The fourth-order valence-corrected chi connectivity index (χ4v) is 1.74. The molecule has 5 nitrogen and oxygen atoms in total. The molecular formula is C18H29NO4. The van der Waals surface area contributed by atoms with E-state index in [9.17, 15) is 0 Å². The highest BCUT2D eigenvalue weighted by Crippen LogP contribution is 2.11. The second-order valence-electron chi connectivity index (χ2n) is 4.76. The van der Waals surface area contributed by atoms with Gasteiger partial charge >= 0.3 is 0 Å². The minimum absolute atomic E-state index is 0.125. The number of fused-ring (bicyclic) bond motifs is 1. The van der Waals surface area contributed by atoms with Gasteiger partial charge in [-0.25, -0.2) is 0 Å². The maximum atomic E-state index is 8.61. The molecule has 0 radical (unpaired) electrons. The summed E-state index contributed by atoms with van der Waals surface area (Å²) in [4.78, 5) is 0. The highest BCUT2D eigenvalue weighted by Gasteiger charge is 1.99. The van der Waals surface area contributed by atoms with Crippen LogP contribution in [0.25, 0.3) is 10.8 Å². The lowest BCUT2D eigenvalue weighted by Gasteiger charge is -2.11. The molecule has 1 unspecified atom stereocenters. The molecule has 2 aromatic carbocycles. The summed E-state index contributed by atoms with van der Waals surface area (Å²) < 4.78 is 0. The summed E-state index contributed by atoms with van der Waals surface area (Å²) in [5.74, 6) is 0. The molecule has 2 rings (SSSR count). The van der Waals surface area contributed by atoms with Gasteiger partial charge in [-0.2, -0.15) is 0 Å². The Bertz CT molecular complexity index is 422. The van der Waals surface area contributed by atoms with Crippen LogP contribution in [0.2, 0.25) is 0 Å². The van der Waals surface area contributed by atoms with Crippen LogP contribution < -0.4 is 5.32 Å². The monoisotopic (exact) mass is 323 g/mol. The second kappa shape index (κ2) is 15.4. The molecular weight excluding hydrogens is 294 g/mol. The second-order valence-corrected chi connectivity index (χ2v) is 4.76. The van der Waals surface area contributed by atoms with E-state index in [0.717, 1.165) is 6.42 Å². The summed E-state index contributed by atoms with van der Waals surface area (Å²) in [6, 6.07) is 16.9. The topological polar surface area (TPSA) is 93.0 Å². The molecule has 0 heterocycles. The molecule has 0 saturated carbocycles. The van der Waals surface area contributed by atoms with E-state index in [1.807, 2.05) is 6.92 Å². The third-order valence-electron chi connectivity index (χ3n) is 3.02. The highest BCUT2D eigenvalue weighted by molar-refractivity contribution is 5.81. The van der Waals surface area contributed by atoms with Gasteiger partial charge < -0.3 is 25.7 Å². The first-order valence-electron chi connectivity index (χ1n) is 7.84. The molecule has 0 spiro atoms. The summed E-state index contributed by atoms with van der Waals surface area (Å²) in [6.07, 6.45) is 0.899. The Labute approximate surface area is 138 Å². The van der Waals surface area contributed by atoms with E-state index in [1.54, 1.807) is 0 Å². The van der Waals surface area contributed by atoms with Gasteiger partial charge in [-0.15, -0.1) is 0 Å². The quantitative estimate of drug-likeness (QED) is 0.550. The standard InChI is InChI=1S/C10H8.C6H15NO2.C2H6O2/c1-2-6-10-8-4-3-7-9(10)5-1;1-2-6(5-9)7-3-4-8;3-1-2-4/h1-8H;6-9H,2-5H2,1H3;3-4H,1-2H2. The van der Waals surface area contributed by atoms with Gasteiger partial charge in [-0.3, -0.25) is 0 Å². The number of hydrogen-bond donors (Lipinski definition) is 5. The van der Waals surface area contributed by atoms with E-state index in [-0.39, 0.29) is 32.5 Å². The van der Waals surface area contributed by atoms with E-state index >= 15 is 0 Å². The van der Waals surface area contributed by atoms with Crippen LogP contribution in [0, 0.1) is 0 Å². The number of hydrogen-bond acceptors (Lipinski definition) is 5. The van der Waals surface area contributed by atoms with Gasteiger partial charge in [0.15, 0.2) is 0 Å². The Balaban J connectivity index is 0.000000347. The molecule has 0 bridgehead atoms. The van der Waals surface area contributed by atoms with Crippen LogP contribution in [0.15, 0.2) is 48.5 Å². The summed E-state index contributed by atoms with van der Waals surface area (Å²) in [5, 5.41) is 37.8. The summed E-state index contributed by atoms with van der Waals surface area (Å²) >= 11 is 0. The van der Waals surface area contributed by atoms with E-state index in [1.165, 1.54) is 10.8 Å². The van der Waals surface area contributed by atoms with Crippen molar-refractivity contribution in [3.05, 3.63) is 48.5 Å². The lowest BCUT2D eigenvalue weighted by Crippen LogP contribution is -2.33. The van der Waals surface area contributed by atoms with Crippen LogP contribution in [0.1, 0.15) is 13.3 Å². The molecule has 0 fully saturated rings. The summed E-state index contributed by atoms with van der Waals surface area (Å²) in [7, 11) is 0. The minimum atomic E-state index is -0.125. The third kappa shape index (κ3) is 10.8. The van der Waals surface area contributed by atoms with E-state index in [2.05, 4.69) is 53.8 Å². The van der Waals surface area contributed by atoms with Gasteiger partial charge in [-0.05, 0) is 17.2 Å². The van der Waals surface area contributed by atoms with Gasteiger partial charge in [0.25, 0.3) is 0 Å². The van der Waals surface area contributed by atoms with Crippen LogP contribution in [-0.2, 0) is 0 Å². The molecule has 1 atom stereocenters. The number of nitrogens with one attached hydrogen (secondary N) is 1. The van der Waals surface area contributed by atoms with Crippen molar-refractivity contribution < 1.29 is 20.4 Å². The first-order valence-corrected chi connectivity index (χ1v) is 7.84. The van der Waals surface area contributed by atoms with Gasteiger partial charge in [0.05, 0.1) is 26.4 Å². The Morgan fingerprint density at radius 2 is 1.22 bits per heavy atom. The number of aliphatic hydroxyl groups excluding tert-OH is 4. The summed E-state index contributed by atoms with van der Waals surface area (Å²) in [6.45, 7) is 2.59. The molecule has 0 aromatic heterocycles. The maximum absolute atomic E-state index is 8.61. The van der Waals surface area contributed by atoms with Crippen molar-refractivity contribution in [2.75, 3.05) is 33.0 Å². The van der Waals surface area contributed by atoms with Crippen LogP contribution in [0.5, 0.6) is 0 Å². The normalized spacial score (nSPS) is 11.0. The highest BCUT2D eigenvalue weighted by atomic mass is 16.3. The van der Waals surface area contributed by atoms with Crippen LogP contribution in [0.4, 0.5) is 0 Å². The van der Waals surface area contributed by atoms with Gasteiger partial charge in [-0.1, -0.05) is 55.5 Å². The number of rotatable bonds is 6. The molecule has 23 heavy (non-hydrogen) atoms. The van der Waals surface area contributed by atoms with Crippen molar-refractivity contribution in [1.82, 2.24) is 5.32 Å². The maximum Gasteiger partial charge on any atom is 0.0662 e. The SMILES string of the molecule is CCC(CO)NCCO.OCCO.c1ccc2ccccc2c1. The Kier molecular flexibility index (Phi) is 14.4. The fourth-order valence-electron chi connectivity index (χ4n) is 1.74. The fraction of sp³-hybridized carbons (Fsp3) is 0.444. The smallest absolute Gasteiger partial charge is 0.0662 e. The zero-order valence-electron chi connectivity index (χ0n) is 13.7. The Morgan fingerprint density at radius 3 is 1.48 bits per heavy atom. The lowest BCUT2D eigenvalue weighted by atomic mass is 10.1. The molecule has 5 N–H and O–H groups in total. The largest absolute Gasteiger partial charge is 0.395 e. The number of aliphatic hydroxyl groups is 4. The molecule has 2 aromatic rings. The molecule has 0 saturated heterocycles. The Morgan fingerprint density at radius 1 is 0.783 bits per heavy atom. The average molecular weight is 323 g/mol. The third-order valence-corrected chi connectivity index (χ3v) is 3.02. The van der Waals surface area contributed by atoms with Crippen molar-refractivity contribution in [1.29, 1.82) is 0 Å². The van der Waals surface area contributed by atoms with Crippen LogP contribution >= 0.6 is 0 Å². The molecule has 0 aliphatic rings. The molecule has 0 aliphatic carbocycles. The zero-order valence-corrected chi connectivity index (χ0v) is 13.7. The molecule has 5 heteroatoms. The predicted molar refractivity (Wildman–Crippen MR) is 94.4 cm³/mol. The Hall–Kier alpha value is -1.50. The van der Waals surface area contributed by atoms with E-state index in [4.69, 9.17) is 20.4 Å². The van der Waals surface area contributed by atoms with Crippen molar-refractivity contribution in [3.63, 3.8) is 0 Å². The van der Waals surface area contributed by atoms with Crippen LogP contribution in [-0.4, -0.2) is 59.4 Å². The average Bonchev–Trinajstić information content (AvgIpc) is 2.63. The van der Waals surface area contributed by atoms with E-state index in [0.29, 0.717) is 6.54 Å². The first-order chi connectivity index (χ1) is 11.2. The van der Waals surface area contributed by atoms with Gasteiger partial charge in [0, 0.05) is 12.6 Å². The van der Waals surface area contributed by atoms with Crippen molar-refractivity contribution in [2.45, 2.75) is 19.4 Å². The lowest BCUT2D eigenvalue weighted by molar-refractivity contribution is 0.186. The number of benzene rings is 2. The predicted octanol–water partition coefficient (Wildman–Crippen LogP) is 1.15. The van der Waals surface area contributed by atoms with Crippen LogP contribution in [0.3, 0.4) is 0 Å². The van der Waals surface area contributed by atoms with Crippen molar-refractivity contribution >= 4 is 10.8 Å². The molecule has 130 valence electrons. The van der Waals surface area contributed by atoms with Crippen molar-refractivity contribution in [3.8, 4) is 0 Å². The van der Waals surface area contributed by atoms with Gasteiger partial charge in [0.2, 0.25) is 0 Å².